The second-order valence-corrected chi connectivity index (χ2v) is 11.6. The van der Waals surface area contributed by atoms with E-state index in [0.29, 0.717) is 34.5 Å². The summed E-state index contributed by atoms with van der Waals surface area (Å²) in [5.41, 5.74) is 3.00. The molecule has 0 atom stereocenters. The first-order chi connectivity index (χ1) is 19.1. The van der Waals surface area contributed by atoms with Crippen LogP contribution in [0.5, 0.6) is 0 Å². The van der Waals surface area contributed by atoms with Crippen LogP contribution in [0, 0.1) is 5.92 Å². The monoisotopic (exact) mass is 539 g/mol. The largest absolute Gasteiger partial charge is 0.367 e. The van der Waals surface area contributed by atoms with Gasteiger partial charge in [-0.3, -0.25) is 9.59 Å². The van der Waals surface area contributed by atoms with E-state index < -0.39 is 0 Å². The molecule has 3 N–H and O–H groups in total. The normalized spacial score (nSPS) is 15.7. The minimum absolute atomic E-state index is 0.0671. The minimum Gasteiger partial charge on any atom is -0.367 e. The van der Waals surface area contributed by atoms with Crippen molar-refractivity contribution in [2.24, 2.45) is 5.92 Å². The number of rotatable bonds is 9. The second kappa shape index (κ2) is 11.5. The van der Waals surface area contributed by atoms with Crippen molar-refractivity contribution < 1.29 is 9.59 Å². The third-order valence-corrected chi connectivity index (χ3v) is 8.63. The molecule has 8 heteroatoms. The minimum atomic E-state index is -0.154. The summed E-state index contributed by atoms with van der Waals surface area (Å²) in [4.78, 5) is 36.4. The fourth-order valence-corrected chi connectivity index (χ4v) is 6.09. The van der Waals surface area contributed by atoms with Crippen LogP contribution in [-0.4, -0.2) is 34.4 Å². The Hall–Kier alpha value is -3.78. The summed E-state index contributed by atoms with van der Waals surface area (Å²) in [5, 5.41) is 10.5. The van der Waals surface area contributed by atoms with Gasteiger partial charge < -0.3 is 16.0 Å². The number of aromatic nitrogens is 2. The van der Waals surface area contributed by atoms with Crippen LogP contribution in [-0.2, 0) is 0 Å². The lowest BCUT2D eigenvalue weighted by atomic mass is 9.87. The van der Waals surface area contributed by atoms with Crippen molar-refractivity contribution >= 4 is 44.9 Å². The van der Waals surface area contributed by atoms with Crippen LogP contribution >= 0.6 is 11.3 Å². The van der Waals surface area contributed by atoms with Gasteiger partial charge in [0.15, 0.2) is 0 Å². The number of carbonyl (C=O) groups excluding carboxylic acids is 2. The van der Waals surface area contributed by atoms with Crippen LogP contribution < -0.4 is 16.0 Å². The van der Waals surface area contributed by atoms with Gasteiger partial charge in [0.05, 0.1) is 16.1 Å². The van der Waals surface area contributed by atoms with Crippen molar-refractivity contribution in [1.29, 1.82) is 0 Å². The van der Waals surface area contributed by atoms with Crippen molar-refractivity contribution in [1.82, 2.24) is 15.3 Å². The number of hydrogen-bond donors (Lipinski definition) is 3. The van der Waals surface area contributed by atoms with Crippen LogP contribution in [0.25, 0.3) is 21.5 Å². The molecule has 39 heavy (non-hydrogen) atoms. The van der Waals surface area contributed by atoms with Gasteiger partial charge in [-0.2, -0.15) is 0 Å². The van der Waals surface area contributed by atoms with Crippen LogP contribution in [0.15, 0.2) is 60.8 Å². The van der Waals surface area contributed by atoms with Gasteiger partial charge in [-0.25, -0.2) is 9.97 Å². The molecule has 0 saturated heterocycles. The molecule has 200 valence electrons. The van der Waals surface area contributed by atoms with Crippen molar-refractivity contribution in [3.63, 3.8) is 0 Å². The third kappa shape index (κ3) is 6.28. The number of pyridine rings is 2. The maximum atomic E-state index is 13.0. The highest BCUT2D eigenvalue weighted by atomic mass is 32.1. The number of anilines is 2. The SMILES string of the molecule is O=C(Nc1ccc(-c2ccc(C(=O)NCCC3CCCCC3)c(NC3CC3)n2)cc1)c1cc2cccnc2s1. The molecule has 3 aromatic heterocycles. The van der Waals surface area contributed by atoms with Crippen molar-refractivity contribution in [3.05, 3.63) is 71.2 Å². The zero-order chi connectivity index (χ0) is 26.6. The molecular weight excluding hydrogens is 506 g/mol. The average molecular weight is 540 g/mol. The Balaban J connectivity index is 1.12. The molecule has 2 amide bonds. The van der Waals surface area contributed by atoms with E-state index in [0.717, 1.165) is 46.7 Å². The summed E-state index contributed by atoms with van der Waals surface area (Å²) < 4.78 is 0. The lowest BCUT2D eigenvalue weighted by Crippen LogP contribution is -2.27. The summed E-state index contributed by atoms with van der Waals surface area (Å²) in [6.07, 6.45) is 11.5. The Labute approximate surface area is 232 Å². The molecule has 0 unspecified atom stereocenters. The molecule has 1 aromatic carbocycles. The Bertz CT molecular complexity index is 1440. The van der Waals surface area contributed by atoms with Crippen molar-refractivity contribution in [3.8, 4) is 11.3 Å². The molecule has 2 aliphatic carbocycles. The molecule has 4 aromatic rings. The summed E-state index contributed by atoms with van der Waals surface area (Å²) in [6.45, 7) is 0.708. The molecule has 3 heterocycles. The van der Waals surface area contributed by atoms with E-state index in [1.807, 2.05) is 54.6 Å². The molecular formula is C31H33N5O2S. The van der Waals surface area contributed by atoms with Gasteiger partial charge in [0.2, 0.25) is 0 Å². The number of fused-ring (bicyclic) bond motifs is 1. The lowest BCUT2D eigenvalue weighted by molar-refractivity contribution is 0.0950. The predicted molar refractivity (Wildman–Crippen MR) is 157 cm³/mol. The Morgan fingerprint density at radius 2 is 1.74 bits per heavy atom. The maximum absolute atomic E-state index is 13.0. The van der Waals surface area contributed by atoms with Gasteiger partial charge in [-0.15, -0.1) is 11.3 Å². The fraction of sp³-hybridized carbons (Fsp3) is 0.355. The first kappa shape index (κ1) is 25.5. The first-order valence-electron chi connectivity index (χ1n) is 13.9. The molecule has 2 aliphatic rings. The second-order valence-electron chi connectivity index (χ2n) is 10.6. The van der Waals surface area contributed by atoms with Gasteiger partial charge in [-0.05, 0) is 61.6 Å². The number of thiophene rings is 1. The summed E-state index contributed by atoms with van der Waals surface area (Å²) in [7, 11) is 0. The third-order valence-electron chi connectivity index (χ3n) is 7.58. The number of hydrogen-bond acceptors (Lipinski definition) is 6. The number of benzene rings is 1. The maximum Gasteiger partial charge on any atom is 0.265 e. The molecule has 0 radical (unpaired) electrons. The highest BCUT2D eigenvalue weighted by Gasteiger charge is 2.25. The molecule has 6 rings (SSSR count). The highest BCUT2D eigenvalue weighted by Crippen LogP contribution is 2.30. The Morgan fingerprint density at radius 1 is 0.923 bits per heavy atom. The van der Waals surface area contributed by atoms with E-state index >= 15 is 0 Å². The van der Waals surface area contributed by atoms with E-state index in [1.165, 1.54) is 43.4 Å². The Morgan fingerprint density at radius 3 is 2.51 bits per heavy atom. The number of carbonyl (C=O) groups is 2. The zero-order valence-electron chi connectivity index (χ0n) is 21.9. The van der Waals surface area contributed by atoms with Crippen LogP contribution in [0.1, 0.15) is 71.4 Å². The molecule has 2 fully saturated rings. The number of nitrogens with zero attached hydrogens (tertiary/aromatic N) is 2. The van der Waals surface area contributed by atoms with Gasteiger partial charge >= 0.3 is 0 Å². The zero-order valence-corrected chi connectivity index (χ0v) is 22.7. The van der Waals surface area contributed by atoms with Gasteiger partial charge in [0, 0.05) is 35.4 Å². The van der Waals surface area contributed by atoms with Crippen molar-refractivity contribution in [2.75, 3.05) is 17.2 Å². The highest BCUT2D eigenvalue weighted by molar-refractivity contribution is 7.20. The number of nitrogens with one attached hydrogen (secondary N) is 3. The molecule has 0 spiro atoms. The topological polar surface area (TPSA) is 96.0 Å². The molecule has 0 bridgehead atoms. The van der Waals surface area contributed by atoms with E-state index in [1.54, 1.807) is 6.20 Å². The van der Waals surface area contributed by atoms with E-state index in [4.69, 9.17) is 4.98 Å². The smallest absolute Gasteiger partial charge is 0.265 e. The van der Waals surface area contributed by atoms with E-state index in [9.17, 15) is 9.59 Å². The van der Waals surface area contributed by atoms with E-state index in [2.05, 4.69) is 20.9 Å². The predicted octanol–water partition coefficient (Wildman–Crippen LogP) is 6.89. The van der Waals surface area contributed by atoms with Crippen LogP contribution in [0.3, 0.4) is 0 Å². The fourth-order valence-electron chi connectivity index (χ4n) is 5.20. The van der Waals surface area contributed by atoms with Gasteiger partial charge in [0.1, 0.15) is 10.6 Å². The summed E-state index contributed by atoms with van der Waals surface area (Å²) >= 11 is 1.38. The van der Waals surface area contributed by atoms with Crippen LogP contribution in [0.4, 0.5) is 11.5 Å². The molecule has 7 nitrogen and oxygen atoms in total. The standard InChI is InChI=1S/C31H33N5O2S/c37-29(32-18-16-20-5-2-1-3-6-20)25-14-15-26(36-28(25)34-23-12-13-23)21-8-10-24(11-9-21)35-30(38)27-19-22-7-4-17-33-31(22)39-27/h4,7-11,14-15,17,19-20,23H,1-3,5-6,12-13,16,18H2,(H,32,37)(H,34,36)(H,35,38). The summed E-state index contributed by atoms with van der Waals surface area (Å²) in [5.74, 6) is 1.15. The Kier molecular flexibility index (Phi) is 7.54. The number of amides is 2. The van der Waals surface area contributed by atoms with E-state index in [-0.39, 0.29) is 11.8 Å². The molecule has 2 saturated carbocycles. The molecule has 0 aliphatic heterocycles. The lowest BCUT2D eigenvalue weighted by Gasteiger charge is -2.21. The average Bonchev–Trinajstić information content (AvgIpc) is 3.67. The first-order valence-corrected chi connectivity index (χ1v) is 14.8. The quantitative estimate of drug-likeness (QED) is 0.215. The van der Waals surface area contributed by atoms with Crippen LogP contribution in [0.2, 0.25) is 0 Å². The summed E-state index contributed by atoms with van der Waals surface area (Å²) in [6, 6.07) is 17.5. The van der Waals surface area contributed by atoms with Gasteiger partial charge in [0.25, 0.3) is 11.8 Å². The van der Waals surface area contributed by atoms with Crippen molar-refractivity contribution in [2.45, 2.75) is 57.4 Å². The van der Waals surface area contributed by atoms with Gasteiger partial charge in [-0.1, -0.05) is 50.3 Å².